The second-order valence-electron chi connectivity index (χ2n) is 10.1. The maximum Gasteiger partial charge on any atom is 0.296 e. The molecule has 5 rings (SSSR count). The van der Waals surface area contributed by atoms with Gasteiger partial charge in [0.05, 0.1) is 22.5 Å². The standard InChI is InChI=1S/C33H34N4O2/c1-3-23(2)34-30(38)18-14-24-13-17-28-29(21-24)36-33(39)31(28)32(26-9-5-4-6-10-26)35-27-15-11-25(12-16-27)22-37-19-7-8-20-37/h4-6,9-13,15-17,21,23,36,39H,3,7-8,19-20,22H2,1-2H3,(H,34,38)/t23-/m1/s1. The average Bonchev–Trinajstić information content (AvgIpc) is 3.58. The Morgan fingerprint density at radius 3 is 2.54 bits per heavy atom. The van der Waals surface area contributed by atoms with E-state index in [4.69, 9.17) is 4.99 Å². The maximum atomic E-state index is 12.1. The number of likely N-dealkylation sites (tertiary alicyclic amines) is 1. The monoisotopic (exact) mass is 518 g/mol. The zero-order valence-corrected chi connectivity index (χ0v) is 22.5. The number of carbonyl (C=O) groups is 1. The number of aromatic hydroxyl groups is 1. The summed E-state index contributed by atoms with van der Waals surface area (Å²) < 4.78 is 0. The van der Waals surface area contributed by atoms with Crippen molar-refractivity contribution in [3.05, 3.63) is 95.1 Å². The van der Waals surface area contributed by atoms with Crippen LogP contribution in [-0.4, -0.2) is 45.7 Å². The van der Waals surface area contributed by atoms with E-state index in [1.807, 2.05) is 74.5 Å². The van der Waals surface area contributed by atoms with Gasteiger partial charge in [-0.1, -0.05) is 61.4 Å². The van der Waals surface area contributed by atoms with Crippen molar-refractivity contribution in [2.24, 2.45) is 4.99 Å². The normalized spacial score (nSPS) is 14.7. The third-order valence-corrected chi connectivity index (χ3v) is 7.16. The van der Waals surface area contributed by atoms with Gasteiger partial charge in [-0.05, 0) is 69.1 Å². The van der Waals surface area contributed by atoms with Gasteiger partial charge in [-0.15, -0.1) is 0 Å². The molecule has 2 heterocycles. The first kappa shape index (κ1) is 26.3. The van der Waals surface area contributed by atoms with E-state index in [0.717, 1.165) is 48.2 Å². The van der Waals surface area contributed by atoms with Crippen LogP contribution in [-0.2, 0) is 11.3 Å². The number of carbonyl (C=O) groups excluding carboxylic acids is 1. The van der Waals surface area contributed by atoms with Crippen LogP contribution in [0.15, 0.2) is 77.8 Å². The Morgan fingerprint density at radius 1 is 1.08 bits per heavy atom. The lowest BCUT2D eigenvalue weighted by Crippen LogP contribution is -2.30. The quantitative estimate of drug-likeness (QED) is 0.210. The SMILES string of the molecule is CC[C@@H](C)NC(=O)C#Cc1ccc2c(C(=Nc3ccc(CN4CCCC4)cc3)c3ccccc3)c(O)[nH]c2c1. The molecule has 0 saturated carbocycles. The number of benzene rings is 3. The molecule has 198 valence electrons. The predicted octanol–water partition coefficient (Wildman–Crippen LogP) is 5.90. The van der Waals surface area contributed by atoms with E-state index in [-0.39, 0.29) is 17.8 Å². The summed E-state index contributed by atoms with van der Waals surface area (Å²) in [6.45, 7) is 7.25. The molecule has 1 amide bonds. The van der Waals surface area contributed by atoms with Crippen LogP contribution in [0.1, 0.15) is 55.4 Å². The van der Waals surface area contributed by atoms with Crippen LogP contribution in [0.3, 0.4) is 0 Å². The summed E-state index contributed by atoms with van der Waals surface area (Å²) in [7, 11) is 0. The Bertz CT molecular complexity index is 1540. The van der Waals surface area contributed by atoms with Crippen LogP contribution in [0.4, 0.5) is 5.69 Å². The third kappa shape index (κ3) is 6.39. The van der Waals surface area contributed by atoms with Crippen LogP contribution >= 0.6 is 0 Å². The predicted molar refractivity (Wildman–Crippen MR) is 157 cm³/mol. The molecular formula is C33H34N4O2. The first-order chi connectivity index (χ1) is 19.0. The number of nitrogens with zero attached hydrogens (tertiary/aromatic N) is 2. The molecule has 4 aromatic rings. The Morgan fingerprint density at radius 2 is 1.82 bits per heavy atom. The molecule has 0 radical (unpaired) electrons. The fourth-order valence-corrected chi connectivity index (χ4v) is 4.86. The number of aromatic amines is 1. The summed E-state index contributed by atoms with van der Waals surface area (Å²) in [5.74, 6) is 5.32. The van der Waals surface area contributed by atoms with Gasteiger partial charge in [0, 0.05) is 35.0 Å². The van der Waals surface area contributed by atoms with Crippen molar-refractivity contribution in [2.45, 2.75) is 45.7 Å². The first-order valence-electron chi connectivity index (χ1n) is 13.6. The second-order valence-corrected chi connectivity index (χ2v) is 10.1. The highest BCUT2D eigenvalue weighted by atomic mass is 16.3. The number of amides is 1. The summed E-state index contributed by atoms with van der Waals surface area (Å²) in [4.78, 5) is 22.7. The van der Waals surface area contributed by atoms with Gasteiger partial charge in [0.2, 0.25) is 0 Å². The van der Waals surface area contributed by atoms with Crippen molar-refractivity contribution in [1.29, 1.82) is 0 Å². The molecule has 1 fully saturated rings. The third-order valence-electron chi connectivity index (χ3n) is 7.16. The minimum Gasteiger partial charge on any atom is -0.494 e. The van der Waals surface area contributed by atoms with E-state index < -0.39 is 0 Å². The second kappa shape index (κ2) is 12.0. The number of hydrogen-bond acceptors (Lipinski definition) is 4. The maximum absolute atomic E-state index is 12.1. The molecule has 1 atom stereocenters. The van der Waals surface area contributed by atoms with Gasteiger partial charge in [0.15, 0.2) is 5.88 Å². The molecule has 0 bridgehead atoms. The molecule has 1 aliphatic rings. The van der Waals surface area contributed by atoms with E-state index in [2.05, 4.69) is 39.2 Å². The Hall–Kier alpha value is -4.34. The van der Waals surface area contributed by atoms with Crippen molar-refractivity contribution in [2.75, 3.05) is 13.1 Å². The summed E-state index contributed by atoms with van der Waals surface area (Å²) in [5, 5.41) is 14.7. The minimum absolute atomic E-state index is 0.0397. The highest BCUT2D eigenvalue weighted by Gasteiger charge is 2.19. The lowest BCUT2D eigenvalue weighted by atomic mass is 10.00. The molecule has 0 aliphatic carbocycles. The molecule has 39 heavy (non-hydrogen) atoms. The summed E-state index contributed by atoms with van der Waals surface area (Å²) >= 11 is 0. The number of rotatable bonds is 7. The van der Waals surface area contributed by atoms with E-state index >= 15 is 0 Å². The van der Waals surface area contributed by atoms with Crippen molar-refractivity contribution in [3.63, 3.8) is 0 Å². The van der Waals surface area contributed by atoms with Gasteiger partial charge in [-0.25, -0.2) is 4.99 Å². The number of H-pyrrole nitrogens is 1. The molecule has 6 nitrogen and oxygen atoms in total. The van der Waals surface area contributed by atoms with E-state index in [1.165, 1.54) is 18.4 Å². The van der Waals surface area contributed by atoms with E-state index in [1.54, 1.807) is 0 Å². The van der Waals surface area contributed by atoms with Crippen molar-refractivity contribution in [1.82, 2.24) is 15.2 Å². The molecular weight excluding hydrogens is 484 g/mol. The number of aliphatic imine (C=N–C) groups is 1. The van der Waals surface area contributed by atoms with Crippen LogP contribution in [0.5, 0.6) is 5.88 Å². The fourth-order valence-electron chi connectivity index (χ4n) is 4.86. The van der Waals surface area contributed by atoms with E-state index in [0.29, 0.717) is 16.8 Å². The zero-order chi connectivity index (χ0) is 27.2. The van der Waals surface area contributed by atoms with Gasteiger partial charge in [-0.2, -0.15) is 0 Å². The van der Waals surface area contributed by atoms with Gasteiger partial charge >= 0.3 is 0 Å². The number of nitrogens with one attached hydrogen (secondary N) is 2. The van der Waals surface area contributed by atoms with Gasteiger partial charge < -0.3 is 15.4 Å². The Balaban J connectivity index is 1.48. The molecule has 6 heteroatoms. The highest BCUT2D eigenvalue weighted by Crippen LogP contribution is 2.32. The van der Waals surface area contributed by atoms with Crippen LogP contribution < -0.4 is 5.32 Å². The molecule has 0 unspecified atom stereocenters. The molecule has 1 saturated heterocycles. The van der Waals surface area contributed by atoms with Crippen LogP contribution in [0.2, 0.25) is 0 Å². The van der Waals surface area contributed by atoms with E-state index in [9.17, 15) is 9.90 Å². The van der Waals surface area contributed by atoms with Crippen LogP contribution in [0.25, 0.3) is 10.9 Å². The summed E-state index contributed by atoms with van der Waals surface area (Å²) in [5.41, 5.74) is 5.72. The summed E-state index contributed by atoms with van der Waals surface area (Å²) in [6, 6.07) is 23.9. The van der Waals surface area contributed by atoms with Crippen molar-refractivity contribution in [3.8, 4) is 17.7 Å². The molecule has 3 aromatic carbocycles. The highest BCUT2D eigenvalue weighted by molar-refractivity contribution is 6.22. The number of hydrogen-bond donors (Lipinski definition) is 3. The number of fused-ring (bicyclic) bond motifs is 1. The summed E-state index contributed by atoms with van der Waals surface area (Å²) in [6.07, 6.45) is 3.40. The number of aromatic nitrogens is 1. The van der Waals surface area contributed by atoms with Crippen molar-refractivity contribution < 1.29 is 9.90 Å². The topological polar surface area (TPSA) is 80.7 Å². The van der Waals surface area contributed by atoms with Gasteiger partial charge in [0.1, 0.15) is 0 Å². The minimum atomic E-state index is -0.301. The largest absolute Gasteiger partial charge is 0.494 e. The Labute approximate surface area is 229 Å². The van der Waals surface area contributed by atoms with Gasteiger partial charge in [-0.3, -0.25) is 9.69 Å². The molecule has 0 spiro atoms. The van der Waals surface area contributed by atoms with Gasteiger partial charge in [0.25, 0.3) is 5.91 Å². The average molecular weight is 519 g/mol. The lowest BCUT2D eigenvalue weighted by Gasteiger charge is -2.14. The first-order valence-corrected chi connectivity index (χ1v) is 13.6. The molecule has 3 N–H and O–H groups in total. The molecule has 1 aliphatic heterocycles. The lowest BCUT2D eigenvalue weighted by molar-refractivity contribution is -0.116. The smallest absolute Gasteiger partial charge is 0.296 e. The van der Waals surface area contributed by atoms with Crippen LogP contribution in [0, 0.1) is 11.8 Å². The fraction of sp³-hybridized carbons (Fsp3) is 0.273. The Kier molecular flexibility index (Phi) is 8.10. The zero-order valence-electron chi connectivity index (χ0n) is 22.5. The molecule has 1 aromatic heterocycles. The van der Waals surface area contributed by atoms with Crippen molar-refractivity contribution >= 4 is 28.2 Å².